The predicted octanol–water partition coefficient (Wildman–Crippen LogP) is 6.73. The second-order valence-electron chi connectivity index (χ2n) is 7.24. The zero-order chi connectivity index (χ0) is 17.6. The first-order chi connectivity index (χ1) is 12.2. The highest BCUT2D eigenvalue weighted by atomic mass is 16.5. The molecule has 1 nitrogen and oxygen atoms in total. The molecule has 1 heteroatoms. The molecule has 0 aliphatic heterocycles. The summed E-state index contributed by atoms with van der Waals surface area (Å²) < 4.78 is 5.53. The van der Waals surface area contributed by atoms with Gasteiger partial charge in [0.05, 0.1) is 7.11 Å². The minimum absolute atomic E-state index is 0.699. The molecule has 0 N–H and O–H groups in total. The second-order valence-corrected chi connectivity index (χ2v) is 7.24. The number of hydrogen-bond donors (Lipinski definition) is 0. The van der Waals surface area contributed by atoms with Crippen LogP contribution in [0.15, 0.2) is 49.0 Å². The molecule has 0 aromatic heterocycles. The van der Waals surface area contributed by atoms with Gasteiger partial charge >= 0.3 is 0 Å². The van der Waals surface area contributed by atoms with Crippen molar-refractivity contribution in [3.63, 3.8) is 0 Å². The predicted molar refractivity (Wildman–Crippen MR) is 107 cm³/mol. The maximum Gasteiger partial charge on any atom is 0.122 e. The van der Waals surface area contributed by atoms with Crippen LogP contribution in [-0.4, -0.2) is 7.11 Å². The molecule has 132 valence electrons. The van der Waals surface area contributed by atoms with Crippen molar-refractivity contribution in [3.8, 4) is 5.75 Å². The van der Waals surface area contributed by atoms with E-state index in [-0.39, 0.29) is 0 Å². The fourth-order valence-electron chi connectivity index (χ4n) is 4.18. The van der Waals surface area contributed by atoms with Crippen LogP contribution in [0.2, 0.25) is 0 Å². The van der Waals surface area contributed by atoms with Crippen LogP contribution in [0.5, 0.6) is 5.75 Å². The molecule has 0 unspecified atom stereocenters. The van der Waals surface area contributed by atoms with Crippen molar-refractivity contribution in [2.24, 2.45) is 0 Å². The van der Waals surface area contributed by atoms with Gasteiger partial charge < -0.3 is 4.74 Å². The summed E-state index contributed by atoms with van der Waals surface area (Å²) in [5, 5.41) is 0. The Morgan fingerprint density at radius 1 is 0.960 bits per heavy atom. The Morgan fingerprint density at radius 2 is 1.56 bits per heavy atom. The maximum absolute atomic E-state index is 5.53. The van der Waals surface area contributed by atoms with Crippen LogP contribution in [-0.2, 0) is 6.42 Å². The fraction of sp³-hybridized carbons (Fsp3) is 0.417. The van der Waals surface area contributed by atoms with E-state index in [1.807, 2.05) is 6.08 Å². The normalized spacial score (nSPS) is 20.2. The number of benzene rings is 2. The Hall–Kier alpha value is -2.02. The van der Waals surface area contributed by atoms with Gasteiger partial charge in [0.25, 0.3) is 0 Å². The van der Waals surface area contributed by atoms with Gasteiger partial charge in [-0.3, -0.25) is 0 Å². The zero-order valence-corrected chi connectivity index (χ0v) is 15.6. The van der Waals surface area contributed by atoms with Crippen molar-refractivity contribution in [2.45, 2.75) is 57.3 Å². The van der Waals surface area contributed by atoms with E-state index < -0.39 is 0 Å². The van der Waals surface area contributed by atoms with Crippen LogP contribution >= 0.6 is 0 Å². The van der Waals surface area contributed by atoms with Crippen LogP contribution < -0.4 is 4.74 Å². The molecule has 25 heavy (non-hydrogen) atoms. The van der Waals surface area contributed by atoms with Crippen molar-refractivity contribution in [2.75, 3.05) is 7.11 Å². The SMILES string of the molecule is C=Cc1ccc(C2CCC(c3ccc(OC)c(CCC)c3)CC2)cc1. The third kappa shape index (κ3) is 4.15. The number of methoxy groups -OCH3 is 1. The van der Waals surface area contributed by atoms with E-state index >= 15 is 0 Å². The van der Waals surface area contributed by atoms with E-state index in [1.54, 1.807) is 7.11 Å². The summed E-state index contributed by atoms with van der Waals surface area (Å²) in [4.78, 5) is 0. The average molecular weight is 335 g/mol. The van der Waals surface area contributed by atoms with E-state index in [1.165, 1.54) is 47.9 Å². The molecule has 0 spiro atoms. The topological polar surface area (TPSA) is 9.23 Å². The van der Waals surface area contributed by atoms with Crippen LogP contribution in [0.1, 0.15) is 73.1 Å². The zero-order valence-electron chi connectivity index (χ0n) is 15.6. The lowest BCUT2D eigenvalue weighted by molar-refractivity contribution is 0.393. The summed E-state index contributed by atoms with van der Waals surface area (Å²) in [5.74, 6) is 2.45. The van der Waals surface area contributed by atoms with Gasteiger partial charge in [-0.05, 0) is 72.3 Å². The maximum atomic E-state index is 5.53. The van der Waals surface area contributed by atoms with Crippen molar-refractivity contribution in [1.29, 1.82) is 0 Å². The molecule has 0 saturated heterocycles. The smallest absolute Gasteiger partial charge is 0.122 e. The summed E-state index contributed by atoms with van der Waals surface area (Å²) in [6.45, 7) is 6.07. The van der Waals surface area contributed by atoms with Crippen molar-refractivity contribution >= 4 is 6.08 Å². The van der Waals surface area contributed by atoms with Gasteiger partial charge in [0.1, 0.15) is 5.75 Å². The largest absolute Gasteiger partial charge is 0.496 e. The van der Waals surface area contributed by atoms with Crippen LogP contribution in [0.3, 0.4) is 0 Å². The lowest BCUT2D eigenvalue weighted by Crippen LogP contribution is -2.12. The molecule has 0 bridgehead atoms. The minimum atomic E-state index is 0.699. The number of ether oxygens (including phenoxy) is 1. The van der Waals surface area contributed by atoms with Crippen molar-refractivity contribution < 1.29 is 4.74 Å². The van der Waals surface area contributed by atoms with Gasteiger partial charge in [-0.25, -0.2) is 0 Å². The van der Waals surface area contributed by atoms with E-state index in [0.717, 1.165) is 18.6 Å². The average Bonchev–Trinajstić information content (AvgIpc) is 2.68. The molecule has 0 heterocycles. The highest BCUT2D eigenvalue weighted by molar-refractivity contribution is 5.47. The molecule has 2 aromatic carbocycles. The highest BCUT2D eigenvalue weighted by Gasteiger charge is 2.24. The Balaban J connectivity index is 1.67. The summed E-state index contributed by atoms with van der Waals surface area (Å²) in [6.07, 6.45) is 9.31. The molecular weight excluding hydrogens is 304 g/mol. The van der Waals surface area contributed by atoms with Gasteiger partial charge in [0.15, 0.2) is 0 Å². The second kappa shape index (κ2) is 8.38. The Kier molecular flexibility index (Phi) is 5.96. The van der Waals surface area contributed by atoms with E-state index in [9.17, 15) is 0 Å². The molecule has 0 amide bonds. The van der Waals surface area contributed by atoms with Gasteiger partial charge in [-0.2, -0.15) is 0 Å². The molecule has 1 fully saturated rings. The molecule has 1 aliphatic rings. The minimum Gasteiger partial charge on any atom is -0.496 e. The molecule has 0 atom stereocenters. The molecule has 3 rings (SSSR count). The van der Waals surface area contributed by atoms with Gasteiger partial charge in [-0.1, -0.05) is 62.4 Å². The lowest BCUT2D eigenvalue weighted by atomic mass is 9.76. The molecule has 0 radical (unpaired) electrons. The van der Waals surface area contributed by atoms with E-state index in [2.05, 4.69) is 56.0 Å². The monoisotopic (exact) mass is 334 g/mol. The molecular formula is C24H30O. The summed E-state index contributed by atoms with van der Waals surface area (Å²) in [5.41, 5.74) is 5.57. The standard InChI is InChI=1S/C24H30O/c1-4-6-23-17-22(15-16-24(23)25-3)21-13-11-20(12-14-21)19-9-7-18(5-2)8-10-19/h5,7-10,15-17,20-21H,2,4,6,11-14H2,1,3H3. The first kappa shape index (κ1) is 17.8. The number of hydrogen-bond acceptors (Lipinski definition) is 1. The summed E-state index contributed by atoms with van der Waals surface area (Å²) in [6, 6.07) is 15.8. The quantitative estimate of drug-likeness (QED) is 0.569. The Morgan fingerprint density at radius 3 is 2.12 bits per heavy atom. The highest BCUT2D eigenvalue weighted by Crippen LogP contribution is 2.41. The van der Waals surface area contributed by atoms with Gasteiger partial charge in [-0.15, -0.1) is 0 Å². The third-order valence-electron chi connectivity index (χ3n) is 5.67. The fourth-order valence-corrected chi connectivity index (χ4v) is 4.18. The summed E-state index contributed by atoms with van der Waals surface area (Å²) in [7, 11) is 1.77. The van der Waals surface area contributed by atoms with Gasteiger partial charge in [0.2, 0.25) is 0 Å². The van der Waals surface area contributed by atoms with E-state index in [4.69, 9.17) is 4.74 Å². The first-order valence-electron chi connectivity index (χ1n) is 9.64. The number of rotatable bonds is 6. The van der Waals surface area contributed by atoms with Crippen LogP contribution in [0.4, 0.5) is 0 Å². The van der Waals surface area contributed by atoms with Crippen LogP contribution in [0, 0.1) is 0 Å². The molecule has 1 saturated carbocycles. The van der Waals surface area contributed by atoms with Crippen molar-refractivity contribution in [3.05, 3.63) is 71.3 Å². The molecule has 2 aromatic rings. The number of aryl methyl sites for hydroxylation is 1. The lowest BCUT2D eigenvalue weighted by Gasteiger charge is -2.29. The summed E-state index contributed by atoms with van der Waals surface area (Å²) >= 11 is 0. The Labute approximate surface area is 152 Å². The van der Waals surface area contributed by atoms with Crippen molar-refractivity contribution in [1.82, 2.24) is 0 Å². The van der Waals surface area contributed by atoms with Gasteiger partial charge in [0, 0.05) is 0 Å². The first-order valence-corrected chi connectivity index (χ1v) is 9.64. The molecule has 1 aliphatic carbocycles. The third-order valence-corrected chi connectivity index (χ3v) is 5.67. The Bertz CT molecular complexity index is 691. The van der Waals surface area contributed by atoms with Crippen LogP contribution in [0.25, 0.3) is 6.08 Å². The van der Waals surface area contributed by atoms with E-state index in [0.29, 0.717) is 11.8 Å².